The Balaban J connectivity index is 2.49. The van der Waals surface area contributed by atoms with E-state index >= 15 is 0 Å². The van der Waals surface area contributed by atoms with Crippen molar-refractivity contribution in [2.24, 2.45) is 0 Å². The molecule has 1 aromatic heterocycles. The van der Waals surface area contributed by atoms with Crippen LogP contribution in [-0.2, 0) is 4.57 Å². The summed E-state index contributed by atoms with van der Waals surface area (Å²) in [7, 11) is -4.32. The quantitative estimate of drug-likeness (QED) is 0.724. The van der Waals surface area contributed by atoms with E-state index in [9.17, 15) is 4.57 Å². The van der Waals surface area contributed by atoms with Gasteiger partial charge in [-0.15, -0.1) is 0 Å². The largest absolute Gasteiger partial charge is 0.427 e. The van der Waals surface area contributed by atoms with Gasteiger partial charge >= 0.3 is 7.75 Å². The van der Waals surface area contributed by atoms with Gasteiger partial charge in [0.15, 0.2) is 0 Å². The SMILES string of the molecule is Cc1ccc(NP(=O)(O)O)c(-n2cccn2)c1. The van der Waals surface area contributed by atoms with Gasteiger partial charge in [0.1, 0.15) is 0 Å². The van der Waals surface area contributed by atoms with Crippen molar-refractivity contribution in [3.63, 3.8) is 0 Å². The summed E-state index contributed by atoms with van der Waals surface area (Å²) in [5, 5.41) is 6.21. The summed E-state index contributed by atoms with van der Waals surface area (Å²) in [6.07, 6.45) is 3.31. The van der Waals surface area contributed by atoms with Gasteiger partial charge in [0.25, 0.3) is 0 Å². The van der Waals surface area contributed by atoms with Crippen molar-refractivity contribution in [1.29, 1.82) is 0 Å². The number of aromatic nitrogens is 2. The molecule has 0 unspecified atom stereocenters. The summed E-state index contributed by atoms with van der Waals surface area (Å²) in [5.74, 6) is 0. The normalized spacial score (nSPS) is 11.5. The van der Waals surface area contributed by atoms with Crippen molar-refractivity contribution in [2.75, 3.05) is 5.09 Å². The molecule has 0 aliphatic rings. The summed E-state index contributed by atoms with van der Waals surface area (Å²) in [6, 6.07) is 6.92. The standard InChI is InChI=1S/C10H12N3O3P/c1-8-3-4-9(12-17(14,15)16)10(7-8)13-6-2-5-11-13/h2-7H,1H3,(H3,12,14,15,16). The highest BCUT2D eigenvalue weighted by molar-refractivity contribution is 7.53. The minimum absolute atomic E-state index is 0.340. The molecular weight excluding hydrogens is 241 g/mol. The molecule has 17 heavy (non-hydrogen) atoms. The van der Waals surface area contributed by atoms with Crippen molar-refractivity contribution < 1.29 is 14.4 Å². The van der Waals surface area contributed by atoms with Gasteiger partial charge in [-0.3, -0.25) is 5.09 Å². The van der Waals surface area contributed by atoms with E-state index in [-0.39, 0.29) is 0 Å². The Bertz CT molecular complexity index is 562. The Morgan fingerprint density at radius 1 is 1.41 bits per heavy atom. The van der Waals surface area contributed by atoms with Crippen LogP contribution in [0.25, 0.3) is 5.69 Å². The first-order chi connectivity index (χ1) is 7.96. The molecule has 3 N–H and O–H groups in total. The van der Waals surface area contributed by atoms with Crippen molar-refractivity contribution >= 4 is 13.4 Å². The summed E-state index contributed by atoms with van der Waals surface area (Å²) in [5.41, 5.74) is 1.91. The molecule has 2 rings (SSSR count). The second-order valence-corrected chi connectivity index (χ2v) is 4.94. The number of aryl methyl sites for hydroxylation is 1. The first kappa shape index (κ1) is 11.9. The molecule has 0 spiro atoms. The van der Waals surface area contributed by atoms with E-state index in [4.69, 9.17) is 9.79 Å². The van der Waals surface area contributed by atoms with Gasteiger partial charge in [0, 0.05) is 12.4 Å². The van der Waals surface area contributed by atoms with Crippen molar-refractivity contribution in [3.8, 4) is 5.69 Å². The van der Waals surface area contributed by atoms with E-state index in [1.807, 2.05) is 6.92 Å². The number of rotatable bonds is 3. The van der Waals surface area contributed by atoms with E-state index in [2.05, 4.69) is 10.2 Å². The number of nitrogens with zero attached hydrogens (tertiary/aromatic N) is 2. The highest BCUT2D eigenvalue weighted by Gasteiger charge is 2.15. The molecule has 2 aromatic rings. The summed E-state index contributed by atoms with van der Waals surface area (Å²) >= 11 is 0. The van der Waals surface area contributed by atoms with Gasteiger partial charge in [0.05, 0.1) is 11.4 Å². The Labute approximate surface area is 98.1 Å². The van der Waals surface area contributed by atoms with E-state index in [0.717, 1.165) is 5.56 Å². The van der Waals surface area contributed by atoms with Crippen LogP contribution >= 0.6 is 7.75 Å². The lowest BCUT2D eigenvalue weighted by Crippen LogP contribution is -2.03. The first-order valence-corrected chi connectivity index (χ1v) is 6.51. The van der Waals surface area contributed by atoms with Crippen LogP contribution in [-0.4, -0.2) is 19.6 Å². The molecule has 0 amide bonds. The minimum Gasteiger partial charge on any atom is -0.308 e. The molecule has 0 fully saturated rings. The molecule has 0 radical (unpaired) electrons. The van der Waals surface area contributed by atoms with Gasteiger partial charge in [-0.25, -0.2) is 9.25 Å². The smallest absolute Gasteiger partial charge is 0.308 e. The molecular formula is C10H12N3O3P. The molecule has 0 saturated heterocycles. The van der Waals surface area contributed by atoms with Gasteiger partial charge < -0.3 is 9.79 Å². The van der Waals surface area contributed by atoms with E-state index in [1.54, 1.807) is 41.3 Å². The summed E-state index contributed by atoms with van der Waals surface area (Å²) < 4.78 is 12.5. The molecule has 0 saturated carbocycles. The van der Waals surface area contributed by atoms with Crippen LogP contribution in [0.15, 0.2) is 36.7 Å². The number of hydrogen-bond donors (Lipinski definition) is 3. The Hall–Kier alpha value is -1.62. The lowest BCUT2D eigenvalue weighted by atomic mass is 10.2. The number of hydrogen-bond acceptors (Lipinski definition) is 2. The number of nitrogens with one attached hydrogen (secondary N) is 1. The van der Waals surface area contributed by atoms with Crippen molar-refractivity contribution in [2.45, 2.75) is 6.92 Å². The Kier molecular flexibility index (Phi) is 3.02. The maximum absolute atomic E-state index is 11.0. The van der Waals surface area contributed by atoms with Crippen LogP contribution in [0.3, 0.4) is 0 Å². The molecule has 1 aromatic carbocycles. The van der Waals surface area contributed by atoms with Crippen LogP contribution in [0.5, 0.6) is 0 Å². The molecule has 6 nitrogen and oxygen atoms in total. The molecule has 0 aliphatic carbocycles. The maximum atomic E-state index is 11.0. The van der Waals surface area contributed by atoms with E-state index in [0.29, 0.717) is 11.4 Å². The fourth-order valence-corrected chi connectivity index (χ4v) is 2.00. The predicted molar refractivity (Wildman–Crippen MR) is 64.0 cm³/mol. The van der Waals surface area contributed by atoms with Crippen LogP contribution in [0.4, 0.5) is 5.69 Å². The second kappa shape index (κ2) is 4.33. The third kappa shape index (κ3) is 2.94. The monoisotopic (exact) mass is 253 g/mol. The topological polar surface area (TPSA) is 87.4 Å². The zero-order chi connectivity index (χ0) is 12.5. The van der Waals surface area contributed by atoms with Crippen LogP contribution < -0.4 is 5.09 Å². The van der Waals surface area contributed by atoms with Crippen LogP contribution in [0.2, 0.25) is 0 Å². The minimum atomic E-state index is -4.32. The van der Waals surface area contributed by atoms with Crippen LogP contribution in [0, 0.1) is 6.92 Å². The molecule has 0 atom stereocenters. The van der Waals surface area contributed by atoms with E-state index < -0.39 is 7.75 Å². The highest BCUT2D eigenvalue weighted by Crippen LogP contribution is 2.37. The zero-order valence-corrected chi connectivity index (χ0v) is 10.0. The number of anilines is 1. The lowest BCUT2D eigenvalue weighted by molar-refractivity contribution is 0.380. The van der Waals surface area contributed by atoms with Crippen molar-refractivity contribution in [1.82, 2.24) is 9.78 Å². The average molecular weight is 253 g/mol. The Morgan fingerprint density at radius 2 is 2.18 bits per heavy atom. The van der Waals surface area contributed by atoms with Crippen molar-refractivity contribution in [3.05, 3.63) is 42.2 Å². The summed E-state index contributed by atoms with van der Waals surface area (Å²) in [6.45, 7) is 1.90. The molecule has 0 aliphatic heterocycles. The van der Waals surface area contributed by atoms with E-state index in [1.165, 1.54) is 0 Å². The zero-order valence-electron chi connectivity index (χ0n) is 9.11. The molecule has 1 heterocycles. The second-order valence-electron chi connectivity index (χ2n) is 3.63. The Morgan fingerprint density at radius 3 is 2.76 bits per heavy atom. The number of benzene rings is 1. The third-order valence-corrected chi connectivity index (χ3v) is 2.70. The van der Waals surface area contributed by atoms with Gasteiger partial charge in [-0.05, 0) is 30.7 Å². The molecule has 90 valence electrons. The first-order valence-electron chi connectivity index (χ1n) is 4.90. The van der Waals surface area contributed by atoms with Crippen LogP contribution in [0.1, 0.15) is 5.56 Å². The fourth-order valence-electron chi connectivity index (χ4n) is 1.49. The predicted octanol–water partition coefficient (Wildman–Crippen LogP) is 1.69. The molecule has 7 heteroatoms. The van der Waals surface area contributed by atoms with Gasteiger partial charge in [0.2, 0.25) is 0 Å². The van der Waals surface area contributed by atoms with Gasteiger partial charge in [-0.1, -0.05) is 6.07 Å². The third-order valence-electron chi connectivity index (χ3n) is 2.17. The maximum Gasteiger partial charge on any atom is 0.427 e. The molecule has 0 bridgehead atoms. The fraction of sp³-hybridized carbons (Fsp3) is 0.100. The average Bonchev–Trinajstić information content (AvgIpc) is 2.71. The highest BCUT2D eigenvalue weighted by atomic mass is 31.2. The lowest BCUT2D eigenvalue weighted by Gasteiger charge is -2.13. The van der Waals surface area contributed by atoms with Gasteiger partial charge in [-0.2, -0.15) is 5.10 Å². The summed E-state index contributed by atoms with van der Waals surface area (Å²) in [4.78, 5) is 17.9.